The first-order chi connectivity index (χ1) is 8.28. The Morgan fingerprint density at radius 1 is 1.50 bits per heavy atom. The minimum Gasteiger partial charge on any atom is -0.357 e. The second-order valence-corrected chi connectivity index (χ2v) is 6.16. The number of thiophene rings is 1. The zero-order chi connectivity index (χ0) is 12.1. The van der Waals surface area contributed by atoms with E-state index in [-0.39, 0.29) is 24.0 Å². The quantitative estimate of drug-likeness (QED) is 0.414. The van der Waals surface area contributed by atoms with Crippen LogP contribution in [-0.2, 0) is 6.54 Å². The Balaban J connectivity index is 0.00000162. The van der Waals surface area contributed by atoms with Gasteiger partial charge in [-0.1, -0.05) is 0 Å². The van der Waals surface area contributed by atoms with E-state index in [4.69, 9.17) is 0 Å². The lowest BCUT2D eigenvalue weighted by Crippen LogP contribution is -2.38. The molecule has 0 amide bonds. The third-order valence-electron chi connectivity index (χ3n) is 2.61. The highest BCUT2D eigenvalue weighted by atomic mass is 127. The maximum Gasteiger partial charge on any atom is 0.191 e. The van der Waals surface area contributed by atoms with Crippen LogP contribution in [0.4, 0.5) is 0 Å². The molecular weight excluding hydrogens is 425 g/mol. The highest BCUT2D eigenvalue weighted by Gasteiger charge is 2.20. The first-order valence-electron chi connectivity index (χ1n) is 6.03. The van der Waals surface area contributed by atoms with Crippen LogP contribution in [0.3, 0.4) is 0 Å². The van der Waals surface area contributed by atoms with E-state index in [0.29, 0.717) is 0 Å². The van der Waals surface area contributed by atoms with Gasteiger partial charge in [0.2, 0.25) is 0 Å². The molecule has 0 aromatic carbocycles. The first-order valence-corrected chi connectivity index (χ1v) is 7.70. The van der Waals surface area contributed by atoms with E-state index in [1.54, 1.807) is 11.3 Å². The smallest absolute Gasteiger partial charge is 0.191 e. The molecule has 2 rings (SSSR count). The Labute approximate surface area is 138 Å². The molecule has 2 N–H and O–H groups in total. The van der Waals surface area contributed by atoms with E-state index in [9.17, 15) is 0 Å². The summed E-state index contributed by atoms with van der Waals surface area (Å²) in [5.41, 5.74) is 0. The summed E-state index contributed by atoms with van der Waals surface area (Å²) < 4.78 is 1.14. The van der Waals surface area contributed by atoms with Crippen molar-refractivity contribution < 1.29 is 0 Å². The molecule has 0 aliphatic heterocycles. The fourth-order valence-corrected chi connectivity index (χ4v) is 2.87. The second kappa shape index (κ2) is 8.37. The van der Waals surface area contributed by atoms with Gasteiger partial charge in [0.1, 0.15) is 0 Å². The molecule has 3 nitrogen and oxygen atoms in total. The van der Waals surface area contributed by atoms with Crippen LogP contribution in [0.15, 0.2) is 20.9 Å². The van der Waals surface area contributed by atoms with Crippen molar-refractivity contribution in [3.8, 4) is 0 Å². The van der Waals surface area contributed by atoms with Crippen molar-refractivity contribution in [3.05, 3.63) is 20.8 Å². The van der Waals surface area contributed by atoms with Crippen molar-refractivity contribution in [2.45, 2.75) is 26.3 Å². The summed E-state index contributed by atoms with van der Waals surface area (Å²) >= 11 is 5.20. The molecular formula is C12H19BrIN3S. The number of nitrogens with one attached hydrogen (secondary N) is 2. The number of nitrogens with zero attached hydrogens (tertiary/aromatic N) is 1. The van der Waals surface area contributed by atoms with E-state index in [2.05, 4.69) is 49.9 Å². The molecule has 1 aliphatic carbocycles. The molecule has 0 unspecified atom stereocenters. The monoisotopic (exact) mass is 443 g/mol. The Kier molecular flexibility index (Phi) is 7.55. The van der Waals surface area contributed by atoms with E-state index < -0.39 is 0 Å². The van der Waals surface area contributed by atoms with Crippen molar-refractivity contribution in [1.82, 2.24) is 10.6 Å². The van der Waals surface area contributed by atoms with Gasteiger partial charge >= 0.3 is 0 Å². The molecule has 0 atom stereocenters. The third kappa shape index (κ3) is 5.88. The zero-order valence-electron chi connectivity index (χ0n) is 10.4. The third-order valence-corrected chi connectivity index (χ3v) is 4.30. The summed E-state index contributed by atoms with van der Waals surface area (Å²) in [5.74, 6) is 1.80. The van der Waals surface area contributed by atoms with Crippen molar-refractivity contribution in [2.24, 2.45) is 10.9 Å². The summed E-state index contributed by atoms with van der Waals surface area (Å²) in [6.07, 6.45) is 2.73. The van der Waals surface area contributed by atoms with E-state index in [1.807, 2.05) is 0 Å². The lowest BCUT2D eigenvalue weighted by molar-refractivity contribution is 0.739. The normalized spacial score (nSPS) is 15.1. The highest BCUT2D eigenvalue weighted by Crippen LogP contribution is 2.27. The van der Waals surface area contributed by atoms with Crippen LogP contribution < -0.4 is 10.6 Å². The Bertz CT molecular complexity index is 390. The molecule has 1 aromatic heterocycles. The summed E-state index contributed by atoms with van der Waals surface area (Å²) in [7, 11) is 0. The number of hydrogen-bond acceptors (Lipinski definition) is 2. The summed E-state index contributed by atoms with van der Waals surface area (Å²) in [4.78, 5) is 5.86. The van der Waals surface area contributed by atoms with Gasteiger partial charge in [-0.2, -0.15) is 0 Å². The van der Waals surface area contributed by atoms with Crippen LogP contribution in [0, 0.1) is 5.92 Å². The molecule has 0 bridgehead atoms. The first kappa shape index (κ1) is 16.2. The number of guanidine groups is 1. The van der Waals surface area contributed by atoms with E-state index in [0.717, 1.165) is 36.0 Å². The molecule has 1 fully saturated rings. The minimum atomic E-state index is 0. The predicted molar refractivity (Wildman–Crippen MR) is 93.0 cm³/mol. The molecule has 1 saturated carbocycles. The van der Waals surface area contributed by atoms with Gasteiger partial charge in [-0.15, -0.1) is 35.3 Å². The van der Waals surface area contributed by atoms with Crippen LogP contribution in [0.25, 0.3) is 0 Å². The molecule has 0 saturated heterocycles. The van der Waals surface area contributed by atoms with Crippen molar-refractivity contribution >= 4 is 57.2 Å². The minimum absolute atomic E-state index is 0. The highest BCUT2D eigenvalue weighted by molar-refractivity contribution is 14.0. The SMILES string of the molecule is CCNC(=NCc1cc(Br)cs1)NCC1CC1.I. The van der Waals surface area contributed by atoms with Gasteiger partial charge in [-0.3, -0.25) is 0 Å². The molecule has 1 aromatic rings. The Morgan fingerprint density at radius 3 is 2.83 bits per heavy atom. The van der Waals surface area contributed by atoms with E-state index >= 15 is 0 Å². The van der Waals surface area contributed by atoms with Crippen molar-refractivity contribution in [1.29, 1.82) is 0 Å². The largest absolute Gasteiger partial charge is 0.357 e. The topological polar surface area (TPSA) is 36.4 Å². The summed E-state index contributed by atoms with van der Waals surface area (Å²) in [6.45, 7) is 4.80. The van der Waals surface area contributed by atoms with Gasteiger partial charge < -0.3 is 10.6 Å². The van der Waals surface area contributed by atoms with Gasteiger partial charge in [0.25, 0.3) is 0 Å². The van der Waals surface area contributed by atoms with Crippen LogP contribution >= 0.6 is 51.2 Å². The average molecular weight is 444 g/mol. The van der Waals surface area contributed by atoms with Crippen LogP contribution in [0.1, 0.15) is 24.6 Å². The van der Waals surface area contributed by atoms with E-state index in [1.165, 1.54) is 17.7 Å². The molecule has 6 heteroatoms. The molecule has 0 spiro atoms. The van der Waals surface area contributed by atoms with Crippen molar-refractivity contribution in [3.63, 3.8) is 0 Å². The lowest BCUT2D eigenvalue weighted by atomic mass is 10.4. The van der Waals surface area contributed by atoms with Crippen LogP contribution in [0.5, 0.6) is 0 Å². The average Bonchev–Trinajstić information content (AvgIpc) is 3.05. The van der Waals surface area contributed by atoms with Gasteiger partial charge in [-0.05, 0) is 47.7 Å². The fraction of sp³-hybridized carbons (Fsp3) is 0.583. The molecule has 1 heterocycles. The van der Waals surface area contributed by atoms with Gasteiger partial charge in [0.05, 0.1) is 6.54 Å². The molecule has 102 valence electrons. The molecule has 18 heavy (non-hydrogen) atoms. The van der Waals surface area contributed by atoms with Gasteiger partial charge in [0, 0.05) is 27.8 Å². The number of hydrogen-bond donors (Lipinski definition) is 2. The van der Waals surface area contributed by atoms with Crippen molar-refractivity contribution in [2.75, 3.05) is 13.1 Å². The molecule has 1 aliphatic rings. The Morgan fingerprint density at radius 2 is 2.28 bits per heavy atom. The summed E-state index contributed by atoms with van der Waals surface area (Å²) in [6, 6.07) is 2.12. The maximum atomic E-state index is 4.58. The molecule has 0 radical (unpaired) electrons. The fourth-order valence-electron chi connectivity index (χ4n) is 1.50. The number of rotatable bonds is 5. The van der Waals surface area contributed by atoms with Crippen LogP contribution in [-0.4, -0.2) is 19.0 Å². The maximum absolute atomic E-state index is 4.58. The number of aliphatic imine (C=N–C) groups is 1. The number of halogens is 2. The summed E-state index contributed by atoms with van der Waals surface area (Å²) in [5, 5.41) is 8.76. The predicted octanol–water partition coefficient (Wildman–Crippen LogP) is 3.59. The van der Waals surface area contributed by atoms with Gasteiger partial charge in [-0.25, -0.2) is 4.99 Å². The lowest BCUT2D eigenvalue weighted by Gasteiger charge is -2.10. The second-order valence-electron chi connectivity index (χ2n) is 4.25. The van der Waals surface area contributed by atoms with Gasteiger partial charge in [0.15, 0.2) is 5.96 Å². The zero-order valence-corrected chi connectivity index (χ0v) is 15.1. The standard InChI is InChI=1S/C12H18BrN3S.HI/c1-2-14-12(15-6-9-3-4-9)16-7-11-5-10(13)8-17-11;/h5,8-9H,2-4,6-7H2,1H3,(H2,14,15,16);1H. The Hall–Kier alpha value is 0.180. The van der Waals surface area contributed by atoms with Crippen LogP contribution in [0.2, 0.25) is 0 Å².